The van der Waals surface area contributed by atoms with E-state index in [9.17, 15) is 4.79 Å². The molecule has 1 atom stereocenters. The fraction of sp³-hybridized carbons (Fsp3) is 0.455. The number of nitrogens with one attached hydrogen (secondary N) is 1. The molecule has 148 valence electrons. The Kier molecular flexibility index (Phi) is 5.48. The number of amides is 1. The third kappa shape index (κ3) is 3.97. The van der Waals surface area contributed by atoms with Crippen molar-refractivity contribution in [2.75, 3.05) is 33.7 Å². The highest BCUT2D eigenvalue weighted by atomic mass is 16.2. The van der Waals surface area contributed by atoms with Crippen LogP contribution < -0.4 is 0 Å². The summed E-state index contributed by atoms with van der Waals surface area (Å²) in [6.07, 6.45) is 8.49. The number of hydrogen-bond acceptors (Lipinski definition) is 3. The third-order valence-corrected chi connectivity index (χ3v) is 5.69. The van der Waals surface area contributed by atoms with Gasteiger partial charge in [0.2, 0.25) is 5.91 Å². The Labute approximate surface area is 166 Å². The number of carbonyl (C=O) groups is 1. The van der Waals surface area contributed by atoms with Crippen molar-refractivity contribution in [3.63, 3.8) is 0 Å². The second kappa shape index (κ2) is 8.19. The molecule has 1 aromatic carbocycles. The Hall–Kier alpha value is -2.60. The first-order chi connectivity index (χ1) is 13.6. The van der Waals surface area contributed by atoms with E-state index in [0.717, 1.165) is 61.3 Å². The minimum atomic E-state index is 0.209. The van der Waals surface area contributed by atoms with Crippen LogP contribution in [0.25, 0.3) is 10.9 Å². The molecule has 1 N–H and O–H groups in total. The lowest BCUT2D eigenvalue weighted by molar-refractivity contribution is -0.131. The van der Waals surface area contributed by atoms with Gasteiger partial charge in [-0.3, -0.25) is 4.79 Å². The van der Waals surface area contributed by atoms with Crippen LogP contribution in [0.15, 0.2) is 42.9 Å². The van der Waals surface area contributed by atoms with E-state index in [-0.39, 0.29) is 5.91 Å². The fourth-order valence-electron chi connectivity index (χ4n) is 4.14. The molecule has 2 aromatic heterocycles. The standard InChI is InChI=1S/C22H29N5O/c1-25(2)12-13-26-11-9-23-22(26)17-6-5-10-27(16-17)21(28)14-18-15-24-20-8-4-3-7-19(18)20/h3-4,7-9,11,15,17,24H,5-6,10,12-14,16H2,1-2H3/t17-/m0/s1. The van der Waals surface area contributed by atoms with Gasteiger partial charge in [-0.25, -0.2) is 4.98 Å². The summed E-state index contributed by atoms with van der Waals surface area (Å²) < 4.78 is 2.25. The highest BCUT2D eigenvalue weighted by Crippen LogP contribution is 2.27. The Bertz CT molecular complexity index is 941. The number of aromatic nitrogens is 3. The number of aromatic amines is 1. The Morgan fingerprint density at radius 3 is 3.04 bits per heavy atom. The largest absolute Gasteiger partial charge is 0.361 e. The number of rotatable bonds is 6. The van der Waals surface area contributed by atoms with Gasteiger partial charge in [0.1, 0.15) is 5.82 Å². The number of H-pyrrole nitrogens is 1. The summed E-state index contributed by atoms with van der Waals surface area (Å²) in [6.45, 7) is 3.53. The third-order valence-electron chi connectivity index (χ3n) is 5.69. The minimum Gasteiger partial charge on any atom is -0.361 e. The summed E-state index contributed by atoms with van der Waals surface area (Å²) in [5.41, 5.74) is 2.17. The minimum absolute atomic E-state index is 0.209. The van der Waals surface area contributed by atoms with Gasteiger partial charge >= 0.3 is 0 Å². The zero-order valence-corrected chi connectivity index (χ0v) is 16.8. The number of imidazole rings is 1. The van der Waals surface area contributed by atoms with Gasteiger partial charge in [-0.2, -0.15) is 0 Å². The van der Waals surface area contributed by atoms with E-state index in [0.29, 0.717) is 12.3 Å². The molecular formula is C22H29N5O. The van der Waals surface area contributed by atoms with Crippen LogP contribution in [0.1, 0.15) is 30.1 Å². The summed E-state index contributed by atoms with van der Waals surface area (Å²) in [6, 6.07) is 8.16. The number of nitrogens with zero attached hydrogens (tertiary/aromatic N) is 4. The fourth-order valence-corrected chi connectivity index (χ4v) is 4.14. The maximum atomic E-state index is 13.0. The Morgan fingerprint density at radius 2 is 2.18 bits per heavy atom. The molecule has 3 heterocycles. The van der Waals surface area contributed by atoms with Gasteiger partial charge in [0.05, 0.1) is 6.42 Å². The van der Waals surface area contributed by atoms with Gasteiger partial charge in [0.25, 0.3) is 0 Å². The van der Waals surface area contributed by atoms with Crippen LogP contribution >= 0.6 is 0 Å². The van der Waals surface area contributed by atoms with Crippen LogP contribution in [-0.2, 0) is 17.8 Å². The maximum Gasteiger partial charge on any atom is 0.227 e. The van der Waals surface area contributed by atoms with Crippen molar-refractivity contribution in [1.29, 1.82) is 0 Å². The zero-order chi connectivity index (χ0) is 19.5. The van der Waals surface area contributed by atoms with Gasteiger partial charge in [-0.1, -0.05) is 18.2 Å². The van der Waals surface area contributed by atoms with E-state index in [1.54, 1.807) is 0 Å². The number of benzene rings is 1. The lowest BCUT2D eigenvalue weighted by atomic mass is 9.96. The number of piperidine rings is 1. The molecule has 1 aliphatic heterocycles. The molecule has 1 saturated heterocycles. The molecule has 1 aliphatic rings. The molecule has 0 spiro atoms. The molecule has 4 rings (SSSR count). The second-order valence-corrected chi connectivity index (χ2v) is 8.00. The highest BCUT2D eigenvalue weighted by Gasteiger charge is 2.27. The van der Waals surface area contributed by atoms with Crippen LogP contribution in [0.5, 0.6) is 0 Å². The zero-order valence-electron chi connectivity index (χ0n) is 16.8. The molecule has 0 unspecified atom stereocenters. The second-order valence-electron chi connectivity index (χ2n) is 8.00. The average Bonchev–Trinajstić information content (AvgIpc) is 3.34. The van der Waals surface area contributed by atoms with Gasteiger partial charge in [-0.05, 0) is 38.6 Å². The molecular weight excluding hydrogens is 350 g/mol. The topological polar surface area (TPSA) is 57.2 Å². The van der Waals surface area contributed by atoms with Crippen molar-refractivity contribution in [3.8, 4) is 0 Å². The lowest BCUT2D eigenvalue weighted by Crippen LogP contribution is -2.40. The summed E-state index contributed by atoms with van der Waals surface area (Å²) in [5.74, 6) is 1.64. The van der Waals surface area contributed by atoms with E-state index < -0.39 is 0 Å². The number of hydrogen-bond donors (Lipinski definition) is 1. The number of carbonyl (C=O) groups excluding carboxylic acids is 1. The van der Waals surface area contributed by atoms with Gasteiger partial charge in [0, 0.05) is 61.6 Å². The molecule has 3 aromatic rings. The quantitative estimate of drug-likeness (QED) is 0.716. The summed E-state index contributed by atoms with van der Waals surface area (Å²) in [7, 11) is 4.17. The van der Waals surface area contributed by atoms with Crippen LogP contribution in [0, 0.1) is 0 Å². The molecule has 0 aliphatic carbocycles. The molecule has 0 saturated carbocycles. The van der Waals surface area contributed by atoms with Crippen molar-refractivity contribution in [3.05, 3.63) is 54.2 Å². The smallest absolute Gasteiger partial charge is 0.227 e. The molecule has 1 amide bonds. The average molecular weight is 380 g/mol. The Morgan fingerprint density at radius 1 is 1.32 bits per heavy atom. The molecule has 1 fully saturated rings. The predicted octanol–water partition coefficient (Wildman–Crippen LogP) is 2.87. The van der Waals surface area contributed by atoms with Crippen molar-refractivity contribution < 1.29 is 4.79 Å². The van der Waals surface area contributed by atoms with Crippen LogP contribution in [0.4, 0.5) is 0 Å². The first kappa shape index (κ1) is 18.7. The van der Waals surface area contributed by atoms with Crippen LogP contribution in [-0.4, -0.2) is 64.0 Å². The van der Waals surface area contributed by atoms with E-state index in [1.165, 1.54) is 0 Å². The lowest BCUT2D eigenvalue weighted by Gasteiger charge is -2.33. The van der Waals surface area contributed by atoms with E-state index in [4.69, 9.17) is 0 Å². The van der Waals surface area contributed by atoms with Crippen molar-refractivity contribution in [2.45, 2.75) is 31.7 Å². The highest BCUT2D eigenvalue weighted by molar-refractivity contribution is 5.88. The van der Waals surface area contributed by atoms with Gasteiger partial charge in [0.15, 0.2) is 0 Å². The number of likely N-dealkylation sites (N-methyl/N-ethyl adjacent to an activating group) is 1. The molecule has 6 nitrogen and oxygen atoms in total. The monoisotopic (exact) mass is 379 g/mol. The van der Waals surface area contributed by atoms with Crippen molar-refractivity contribution in [2.24, 2.45) is 0 Å². The normalized spacial score (nSPS) is 17.5. The van der Waals surface area contributed by atoms with E-state index in [1.807, 2.05) is 35.5 Å². The first-order valence-electron chi connectivity index (χ1n) is 10.1. The summed E-state index contributed by atoms with van der Waals surface area (Å²) in [4.78, 5) is 25.1. The van der Waals surface area contributed by atoms with Gasteiger partial charge in [-0.15, -0.1) is 0 Å². The SMILES string of the molecule is CN(C)CCn1ccnc1[C@H]1CCCN(C(=O)Cc2c[nH]c3ccccc23)C1. The molecule has 0 radical (unpaired) electrons. The van der Waals surface area contributed by atoms with E-state index in [2.05, 4.69) is 45.8 Å². The number of likely N-dealkylation sites (tertiary alicyclic amines) is 1. The molecule has 0 bridgehead atoms. The summed E-state index contributed by atoms with van der Waals surface area (Å²) in [5, 5.41) is 1.14. The maximum absolute atomic E-state index is 13.0. The number of fused-ring (bicyclic) bond motifs is 1. The summed E-state index contributed by atoms with van der Waals surface area (Å²) >= 11 is 0. The van der Waals surface area contributed by atoms with Gasteiger partial charge < -0.3 is 19.4 Å². The van der Waals surface area contributed by atoms with Crippen LogP contribution in [0.2, 0.25) is 0 Å². The molecule has 28 heavy (non-hydrogen) atoms. The molecule has 6 heteroatoms. The van der Waals surface area contributed by atoms with E-state index >= 15 is 0 Å². The van der Waals surface area contributed by atoms with Crippen molar-refractivity contribution in [1.82, 2.24) is 24.3 Å². The number of para-hydroxylation sites is 1. The predicted molar refractivity (Wildman–Crippen MR) is 111 cm³/mol. The van der Waals surface area contributed by atoms with Crippen LogP contribution in [0.3, 0.4) is 0 Å². The Balaban J connectivity index is 1.44. The van der Waals surface area contributed by atoms with Crippen molar-refractivity contribution >= 4 is 16.8 Å². The first-order valence-corrected chi connectivity index (χ1v) is 10.1.